The number of hydrogen-bond acceptors (Lipinski definition) is 3. The van der Waals surface area contributed by atoms with Crippen LogP contribution in [0.4, 0.5) is 0 Å². The average molecular weight is 287 g/mol. The zero-order valence-corrected chi connectivity index (χ0v) is 12.7. The van der Waals surface area contributed by atoms with Gasteiger partial charge in [-0.05, 0) is 0 Å². The van der Waals surface area contributed by atoms with E-state index in [9.17, 15) is 0 Å². The fourth-order valence-electron chi connectivity index (χ4n) is 1.67. The van der Waals surface area contributed by atoms with Crippen LogP contribution in [-0.4, -0.2) is 19.0 Å². The molecule has 1 unspecified atom stereocenters. The Kier molecular flexibility index (Phi) is 6.69. The second-order valence-corrected chi connectivity index (χ2v) is 5.49. The molecule has 0 bridgehead atoms. The number of rotatable bonds is 7. The molecule has 1 aromatic rings. The summed E-state index contributed by atoms with van der Waals surface area (Å²) >= 11 is 0. The predicted molar refractivity (Wildman–Crippen MR) is 86.4 cm³/mol. The maximum atomic E-state index is 5.75. The van der Waals surface area contributed by atoms with Gasteiger partial charge in [0.25, 0.3) is 0 Å². The van der Waals surface area contributed by atoms with E-state index in [2.05, 4.69) is 31.0 Å². The molecular weight excluding hydrogens is 268 g/mol. The van der Waals surface area contributed by atoms with Crippen molar-refractivity contribution in [1.82, 2.24) is 0 Å². The molecule has 1 aliphatic rings. The minimum atomic E-state index is 0.271. The second-order valence-electron chi connectivity index (χ2n) is 4.42. The van der Waals surface area contributed by atoms with Crippen LogP contribution in [0.2, 0.25) is 0 Å². The van der Waals surface area contributed by atoms with Gasteiger partial charge in [0.2, 0.25) is 0 Å². The van der Waals surface area contributed by atoms with Crippen molar-refractivity contribution in [3.63, 3.8) is 0 Å². The normalized spacial score (nSPS) is 14.8. The van der Waals surface area contributed by atoms with Crippen LogP contribution in [-0.2, 0) is 15.9 Å². The minimum absolute atomic E-state index is 0.271. The Morgan fingerprint density at radius 1 is 1.40 bits per heavy atom. The quantitative estimate of drug-likeness (QED) is 0.715. The van der Waals surface area contributed by atoms with Gasteiger partial charge in [-0.25, -0.2) is 0 Å². The van der Waals surface area contributed by atoms with Gasteiger partial charge in [-0.3, -0.25) is 0 Å². The average Bonchev–Trinajstić information content (AvgIpc) is 2.71. The molecule has 0 aromatic carbocycles. The van der Waals surface area contributed by atoms with Gasteiger partial charge in [-0.1, -0.05) is 0 Å². The fraction of sp³-hybridized carbons (Fsp3) is 0.333. The first kappa shape index (κ1) is 15.1. The molecule has 0 radical (unpaired) electrons. The molecule has 3 nitrogen and oxygen atoms in total. The number of nitrogens with zero attached hydrogens (tertiary/aromatic N) is 1. The van der Waals surface area contributed by atoms with Gasteiger partial charge >= 0.3 is 122 Å². The third-order valence-corrected chi connectivity index (χ3v) is 3.50. The van der Waals surface area contributed by atoms with Crippen molar-refractivity contribution >= 4 is 21.2 Å². The molecule has 1 aliphatic heterocycles. The van der Waals surface area contributed by atoms with E-state index in [4.69, 9.17) is 9.26 Å². The fourth-order valence-corrected chi connectivity index (χ4v) is 2.44. The van der Waals surface area contributed by atoms with E-state index in [0.717, 1.165) is 18.3 Å². The van der Waals surface area contributed by atoms with Crippen molar-refractivity contribution in [3.05, 3.63) is 53.7 Å². The second kappa shape index (κ2) is 8.83. The molecule has 0 aliphatic carbocycles. The molecule has 2 heterocycles. The van der Waals surface area contributed by atoms with Crippen LogP contribution in [0.1, 0.15) is 25.2 Å². The third-order valence-electron chi connectivity index (χ3n) is 2.66. The van der Waals surface area contributed by atoms with Gasteiger partial charge < -0.3 is 0 Å². The van der Waals surface area contributed by atoms with Crippen molar-refractivity contribution in [1.29, 1.82) is 0 Å². The topological polar surface area (TPSA) is 30.8 Å². The monoisotopic (exact) mass is 287 g/mol. The Hall–Kier alpha value is -1.25. The molecule has 5 heteroatoms. The van der Waals surface area contributed by atoms with Crippen LogP contribution in [0, 0.1) is 0 Å². The Morgan fingerprint density at radius 2 is 2.35 bits per heavy atom. The summed E-state index contributed by atoms with van der Waals surface area (Å²) in [6.45, 7) is 5.47. The summed E-state index contributed by atoms with van der Waals surface area (Å²) in [5.41, 5.74) is 2.21. The van der Waals surface area contributed by atoms with E-state index in [1.165, 1.54) is 5.46 Å². The summed E-state index contributed by atoms with van der Waals surface area (Å²) in [6, 6.07) is 6.09. The van der Waals surface area contributed by atoms with E-state index in [-0.39, 0.29) is 8.81 Å². The zero-order chi connectivity index (χ0) is 14.0. The molecule has 2 rings (SSSR count). The predicted octanol–water partition coefficient (Wildman–Crippen LogP) is 3.76. The summed E-state index contributed by atoms with van der Waals surface area (Å²) in [5.74, 6) is 2.71. The van der Waals surface area contributed by atoms with Crippen LogP contribution in [0.3, 0.4) is 0 Å². The SMILES string of the molecule is CCCOC1=CC=CCC(POCc2bcccc2)=N1. The van der Waals surface area contributed by atoms with Crippen molar-refractivity contribution in [3.8, 4) is 0 Å². The maximum absolute atomic E-state index is 5.75. The standard InChI is InChI=1S/C15H19BNO2P/c1-2-11-18-14-8-3-4-9-15(17-14)20-19-12-13-7-5-6-10-16-13/h3-8,10,20H,2,9,11-12H2,1H3. The summed E-state index contributed by atoms with van der Waals surface area (Å²) in [7, 11) is 0.271. The molecule has 20 heavy (non-hydrogen) atoms. The van der Waals surface area contributed by atoms with Gasteiger partial charge in [0, 0.05) is 0 Å². The number of aliphatic imine (C=N–C) groups is 1. The molecule has 0 saturated carbocycles. The summed E-state index contributed by atoms with van der Waals surface area (Å²) in [5, 5.41) is 0. The number of ether oxygens (including phenoxy) is 1. The van der Waals surface area contributed by atoms with Crippen LogP contribution >= 0.6 is 8.81 Å². The van der Waals surface area contributed by atoms with Crippen molar-refractivity contribution in [2.75, 3.05) is 6.61 Å². The summed E-state index contributed by atoms with van der Waals surface area (Å²) in [6.07, 6.45) is 7.79. The molecule has 1 aromatic heterocycles. The first-order valence-electron chi connectivity index (χ1n) is 6.87. The van der Waals surface area contributed by atoms with E-state index in [1.807, 2.05) is 30.2 Å². The Labute approximate surface area is 122 Å². The van der Waals surface area contributed by atoms with Gasteiger partial charge in [0.05, 0.1) is 0 Å². The molecule has 104 valence electrons. The molecule has 0 spiro atoms. The first-order valence-corrected chi connectivity index (χ1v) is 7.78. The molecular formula is C15H19BNO2P. The Balaban J connectivity index is 1.83. The molecule has 0 N–H and O–H groups in total. The van der Waals surface area contributed by atoms with Gasteiger partial charge in [0.15, 0.2) is 0 Å². The zero-order valence-electron chi connectivity index (χ0n) is 11.7. The van der Waals surface area contributed by atoms with Crippen LogP contribution in [0.25, 0.3) is 0 Å². The Bertz CT molecular complexity index is 500. The molecule has 0 fully saturated rings. The van der Waals surface area contributed by atoms with Crippen LogP contribution < -0.4 is 0 Å². The third kappa shape index (κ3) is 5.40. The van der Waals surface area contributed by atoms with Gasteiger partial charge in [-0.15, -0.1) is 0 Å². The molecule has 0 saturated heterocycles. The van der Waals surface area contributed by atoms with Crippen molar-refractivity contribution in [2.45, 2.75) is 26.4 Å². The van der Waals surface area contributed by atoms with Crippen LogP contribution in [0.5, 0.6) is 0 Å². The van der Waals surface area contributed by atoms with E-state index in [0.29, 0.717) is 19.1 Å². The Morgan fingerprint density at radius 3 is 3.15 bits per heavy atom. The number of allylic oxidation sites excluding steroid dienone is 3. The van der Waals surface area contributed by atoms with Crippen molar-refractivity contribution in [2.24, 2.45) is 4.99 Å². The van der Waals surface area contributed by atoms with Gasteiger partial charge in [0.1, 0.15) is 0 Å². The van der Waals surface area contributed by atoms with Gasteiger partial charge in [-0.2, -0.15) is 0 Å². The summed E-state index contributed by atoms with van der Waals surface area (Å²) in [4.78, 5) is 4.52. The van der Waals surface area contributed by atoms with E-state index in [1.54, 1.807) is 0 Å². The van der Waals surface area contributed by atoms with E-state index < -0.39 is 0 Å². The van der Waals surface area contributed by atoms with E-state index >= 15 is 0 Å². The first-order chi connectivity index (χ1) is 9.88. The number of hydrogen-bond donors (Lipinski definition) is 0. The molecule has 0 amide bonds. The van der Waals surface area contributed by atoms with Crippen LogP contribution in [0.15, 0.2) is 53.3 Å². The van der Waals surface area contributed by atoms with Crippen molar-refractivity contribution < 1.29 is 9.26 Å². The molecule has 1 atom stereocenters. The summed E-state index contributed by atoms with van der Waals surface area (Å²) < 4.78 is 11.3.